The summed E-state index contributed by atoms with van der Waals surface area (Å²) in [6.07, 6.45) is 2.99. The number of nitrogens with one attached hydrogen (secondary N) is 1. The van der Waals surface area contributed by atoms with Crippen LogP contribution < -0.4 is 5.32 Å². The quantitative estimate of drug-likeness (QED) is 0.630. The molecule has 1 heterocycles. The second-order valence-electron chi connectivity index (χ2n) is 7.53. The number of hydrogen-bond acceptors (Lipinski definition) is 5. The molecule has 28 heavy (non-hydrogen) atoms. The van der Waals surface area contributed by atoms with Gasteiger partial charge in [0.25, 0.3) is 0 Å². The molecule has 1 unspecified atom stereocenters. The van der Waals surface area contributed by atoms with Crippen molar-refractivity contribution in [2.75, 3.05) is 20.2 Å². The van der Waals surface area contributed by atoms with Crippen LogP contribution in [-0.4, -0.2) is 50.8 Å². The van der Waals surface area contributed by atoms with Crippen molar-refractivity contribution in [2.24, 2.45) is 5.92 Å². The van der Waals surface area contributed by atoms with Gasteiger partial charge in [-0.1, -0.05) is 26.0 Å². The number of aryl methyl sites for hydroxylation is 1. The van der Waals surface area contributed by atoms with E-state index in [-0.39, 0.29) is 23.1 Å². The molecule has 1 aliphatic rings. The van der Waals surface area contributed by atoms with Gasteiger partial charge in [0.05, 0.1) is 12.0 Å². The Labute approximate surface area is 167 Å². The number of hydrogen-bond donors (Lipinski definition) is 1. The fourth-order valence-corrected chi connectivity index (χ4v) is 4.77. The zero-order valence-electron chi connectivity index (χ0n) is 16.8. The molecule has 0 aliphatic carbocycles. The number of esters is 1. The number of sulfonamides is 1. The number of amides is 1. The Kier molecular flexibility index (Phi) is 8.00. The second kappa shape index (κ2) is 10.0. The molecule has 0 radical (unpaired) electrons. The van der Waals surface area contributed by atoms with Gasteiger partial charge in [-0.3, -0.25) is 4.79 Å². The number of carbonyl (C=O) groups is 2. The van der Waals surface area contributed by atoms with Crippen LogP contribution in [0.15, 0.2) is 29.2 Å². The van der Waals surface area contributed by atoms with E-state index in [0.717, 1.165) is 18.4 Å². The Morgan fingerprint density at radius 2 is 1.75 bits per heavy atom. The van der Waals surface area contributed by atoms with Gasteiger partial charge in [-0.05, 0) is 49.3 Å². The molecule has 1 saturated heterocycles. The first-order valence-corrected chi connectivity index (χ1v) is 11.1. The zero-order chi connectivity index (χ0) is 20.7. The van der Waals surface area contributed by atoms with Crippen LogP contribution >= 0.6 is 0 Å². The first-order chi connectivity index (χ1) is 13.2. The highest BCUT2D eigenvalue weighted by molar-refractivity contribution is 7.89. The Morgan fingerprint density at radius 3 is 2.29 bits per heavy atom. The van der Waals surface area contributed by atoms with Crippen molar-refractivity contribution in [3.8, 4) is 0 Å². The van der Waals surface area contributed by atoms with Crippen molar-refractivity contribution in [2.45, 2.75) is 56.9 Å². The minimum Gasteiger partial charge on any atom is -0.467 e. The average molecular weight is 411 g/mol. The normalized spacial score (nSPS) is 16.1. The van der Waals surface area contributed by atoms with Gasteiger partial charge in [0.2, 0.25) is 15.9 Å². The molecule has 1 N–H and O–H groups in total. The number of benzene rings is 1. The maximum atomic E-state index is 12.5. The summed E-state index contributed by atoms with van der Waals surface area (Å²) in [5.41, 5.74) is 0.869. The van der Waals surface area contributed by atoms with Gasteiger partial charge >= 0.3 is 5.97 Å². The van der Waals surface area contributed by atoms with Crippen LogP contribution in [0.2, 0.25) is 0 Å². The summed E-state index contributed by atoms with van der Waals surface area (Å²) in [4.78, 5) is 24.3. The third kappa shape index (κ3) is 6.04. The van der Waals surface area contributed by atoms with Crippen LogP contribution in [-0.2, 0) is 30.8 Å². The van der Waals surface area contributed by atoms with Gasteiger partial charge in [0, 0.05) is 19.5 Å². The molecule has 156 valence electrons. The third-order valence-corrected chi connectivity index (χ3v) is 6.71. The molecule has 8 heteroatoms. The van der Waals surface area contributed by atoms with Gasteiger partial charge in [-0.15, -0.1) is 0 Å². The summed E-state index contributed by atoms with van der Waals surface area (Å²) >= 11 is 0. The summed E-state index contributed by atoms with van der Waals surface area (Å²) in [6, 6.07) is 6.02. The molecule has 1 atom stereocenters. The van der Waals surface area contributed by atoms with Crippen molar-refractivity contribution in [1.82, 2.24) is 9.62 Å². The van der Waals surface area contributed by atoms with Crippen LogP contribution in [0.1, 0.15) is 45.1 Å². The van der Waals surface area contributed by atoms with E-state index in [9.17, 15) is 18.0 Å². The fourth-order valence-electron chi connectivity index (χ4n) is 3.26. The van der Waals surface area contributed by atoms with Crippen LogP contribution in [0.5, 0.6) is 0 Å². The maximum absolute atomic E-state index is 12.5. The van der Waals surface area contributed by atoms with Crippen molar-refractivity contribution < 1.29 is 22.7 Å². The molecule has 1 aromatic carbocycles. The minimum atomic E-state index is -3.42. The topological polar surface area (TPSA) is 92.8 Å². The highest BCUT2D eigenvalue weighted by Crippen LogP contribution is 2.21. The number of carbonyl (C=O) groups excluding carboxylic acids is 2. The number of ether oxygens (including phenoxy) is 1. The van der Waals surface area contributed by atoms with Crippen LogP contribution in [0.3, 0.4) is 0 Å². The van der Waals surface area contributed by atoms with Gasteiger partial charge < -0.3 is 10.1 Å². The van der Waals surface area contributed by atoms with Gasteiger partial charge in [0.15, 0.2) is 0 Å². The zero-order valence-corrected chi connectivity index (χ0v) is 17.6. The molecular formula is C20H30N2O5S. The third-order valence-electron chi connectivity index (χ3n) is 4.79. The van der Waals surface area contributed by atoms with E-state index in [1.54, 1.807) is 24.3 Å². The predicted molar refractivity (Wildman–Crippen MR) is 106 cm³/mol. The monoisotopic (exact) mass is 410 g/mol. The lowest BCUT2D eigenvalue weighted by Gasteiger charge is -2.18. The molecule has 0 spiro atoms. The Hall–Kier alpha value is -1.93. The average Bonchev–Trinajstić information content (AvgIpc) is 3.21. The molecule has 0 bridgehead atoms. The Bertz CT molecular complexity index is 768. The molecule has 0 saturated carbocycles. The Morgan fingerprint density at radius 1 is 1.14 bits per heavy atom. The standard InChI is InChI=1S/C20H30N2O5S/c1-15(2)14-18(20(24)27-3)21-19(23)11-8-16-6-9-17(10-7-16)28(25,26)22-12-4-5-13-22/h6-7,9-10,15,18H,4-5,8,11-14H2,1-3H3,(H,21,23). The SMILES string of the molecule is COC(=O)C(CC(C)C)NC(=O)CCc1ccc(S(=O)(=O)N2CCCC2)cc1. The molecule has 0 aromatic heterocycles. The van der Waals surface area contributed by atoms with E-state index in [0.29, 0.717) is 25.9 Å². The number of methoxy groups -OCH3 is 1. The van der Waals surface area contributed by atoms with Gasteiger partial charge in [-0.25, -0.2) is 13.2 Å². The Balaban J connectivity index is 1.91. The van der Waals surface area contributed by atoms with E-state index in [1.165, 1.54) is 11.4 Å². The first kappa shape index (κ1) is 22.4. The fraction of sp³-hybridized carbons (Fsp3) is 0.600. The summed E-state index contributed by atoms with van der Waals surface area (Å²) in [5.74, 6) is -0.433. The largest absolute Gasteiger partial charge is 0.467 e. The molecule has 1 amide bonds. The highest BCUT2D eigenvalue weighted by atomic mass is 32.2. The molecule has 2 rings (SSSR count). The molecule has 7 nitrogen and oxygen atoms in total. The lowest BCUT2D eigenvalue weighted by Crippen LogP contribution is -2.42. The first-order valence-electron chi connectivity index (χ1n) is 9.70. The summed E-state index contributed by atoms with van der Waals surface area (Å²) in [6.45, 7) is 5.09. The predicted octanol–water partition coefficient (Wildman–Crippen LogP) is 2.11. The highest BCUT2D eigenvalue weighted by Gasteiger charge is 2.27. The van der Waals surface area contributed by atoms with Gasteiger partial charge in [-0.2, -0.15) is 4.31 Å². The maximum Gasteiger partial charge on any atom is 0.328 e. The minimum absolute atomic E-state index is 0.212. The molecule has 1 fully saturated rings. The van der Waals surface area contributed by atoms with E-state index in [2.05, 4.69) is 5.32 Å². The van der Waals surface area contributed by atoms with Crippen LogP contribution in [0, 0.1) is 5.92 Å². The summed E-state index contributed by atoms with van der Waals surface area (Å²) in [5, 5.41) is 2.73. The molecule has 1 aromatic rings. The van der Waals surface area contributed by atoms with E-state index < -0.39 is 22.0 Å². The van der Waals surface area contributed by atoms with E-state index in [1.807, 2.05) is 13.8 Å². The van der Waals surface area contributed by atoms with Crippen molar-refractivity contribution in [1.29, 1.82) is 0 Å². The number of nitrogens with zero attached hydrogens (tertiary/aromatic N) is 1. The lowest BCUT2D eigenvalue weighted by molar-refractivity contribution is -0.145. The molecular weight excluding hydrogens is 380 g/mol. The lowest BCUT2D eigenvalue weighted by atomic mass is 10.0. The van der Waals surface area contributed by atoms with Gasteiger partial charge in [0.1, 0.15) is 6.04 Å². The number of rotatable bonds is 9. The van der Waals surface area contributed by atoms with Crippen molar-refractivity contribution in [3.63, 3.8) is 0 Å². The van der Waals surface area contributed by atoms with Crippen LogP contribution in [0.4, 0.5) is 0 Å². The van der Waals surface area contributed by atoms with Crippen molar-refractivity contribution >= 4 is 21.9 Å². The summed E-state index contributed by atoms with van der Waals surface area (Å²) in [7, 11) is -2.12. The van der Waals surface area contributed by atoms with E-state index in [4.69, 9.17) is 4.74 Å². The molecule has 1 aliphatic heterocycles. The second-order valence-corrected chi connectivity index (χ2v) is 9.47. The van der Waals surface area contributed by atoms with Crippen LogP contribution in [0.25, 0.3) is 0 Å². The van der Waals surface area contributed by atoms with E-state index >= 15 is 0 Å². The van der Waals surface area contributed by atoms with Crippen molar-refractivity contribution in [3.05, 3.63) is 29.8 Å². The smallest absolute Gasteiger partial charge is 0.328 e. The summed E-state index contributed by atoms with van der Waals surface area (Å²) < 4.78 is 31.3.